The molecule has 1 heterocycles. The van der Waals surface area contributed by atoms with Crippen LogP contribution in [0, 0.1) is 0 Å². The highest BCUT2D eigenvalue weighted by atomic mass is 31.1. The minimum absolute atomic E-state index is 0.829. The van der Waals surface area contributed by atoms with Crippen LogP contribution in [-0.4, -0.2) is 4.33 Å². The summed E-state index contributed by atoms with van der Waals surface area (Å²) >= 11 is 0. The van der Waals surface area contributed by atoms with Gasteiger partial charge in [0.15, 0.2) is 0 Å². The monoisotopic (exact) mass is 251 g/mol. The van der Waals surface area contributed by atoms with E-state index in [2.05, 4.69) is 21.1 Å². The first kappa shape index (κ1) is 11.7. The molecule has 2 aliphatic rings. The minimum atomic E-state index is 0.829. The number of hydrogen-bond acceptors (Lipinski definition) is 0. The summed E-state index contributed by atoms with van der Waals surface area (Å²) < 4.78 is 5.15. The summed E-state index contributed by atoms with van der Waals surface area (Å²) in [4.78, 5) is 0. The SMILES string of the molecule is c1c[n+](C2CCCCC2)pn1C1CCCCC1. The first-order chi connectivity index (χ1) is 8.43. The molecule has 2 nitrogen and oxygen atoms in total. The molecule has 0 atom stereocenters. The minimum Gasteiger partial charge on any atom is -0.212 e. The second kappa shape index (κ2) is 5.52. The molecule has 0 N–H and O–H groups in total. The fourth-order valence-electron chi connectivity index (χ4n) is 3.40. The summed E-state index contributed by atoms with van der Waals surface area (Å²) in [6, 6.07) is 1.66. The Kier molecular flexibility index (Phi) is 3.80. The normalized spacial score (nSPS) is 24.5. The molecule has 0 aromatic carbocycles. The number of hydrogen-bond donors (Lipinski definition) is 0. The van der Waals surface area contributed by atoms with Crippen molar-refractivity contribution in [3.63, 3.8) is 0 Å². The molecule has 1 aromatic rings. The van der Waals surface area contributed by atoms with E-state index in [9.17, 15) is 0 Å². The van der Waals surface area contributed by atoms with Gasteiger partial charge in [0.25, 0.3) is 0 Å². The van der Waals surface area contributed by atoms with Gasteiger partial charge in [0.1, 0.15) is 24.5 Å². The van der Waals surface area contributed by atoms with Gasteiger partial charge in [0, 0.05) is 0 Å². The average Bonchev–Trinajstić information content (AvgIpc) is 2.90. The maximum absolute atomic E-state index is 2.58. The zero-order chi connectivity index (χ0) is 11.5. The summed E-state index contributed by atoms with van der Waals surface area (Å²) in [6.07, 6.45) is 19.0. The predicted molar refractivity (Wildman–Crippen MR) is 71.4 cm³/mol. The van der Waals surface area contributed by atoms with Crippen molar-refractivity contribution in [1.29, 1.82) is 0 Å². The van der Waals surface area contributed by atoms with Gasteiger partial charge >= 0.3 is 8.51 Å². The molecule has 2 fully saturated rings. The van der Waals surface area contributed by atoms with Crippen molar-refractivity contribution in [3.05, 3.63) is 12.4 Å². The van der Waals surface area contributed by atoms with Gasteiger partial charge in [-0.25, -0.2) is 8.66 Å². The molecule has 0 bridgehead atoms. The lowest BCUT2D eigenvalue weighted by molar-refractivity contribution is -0.659. The molecule has 0 saturated heterocycles. The van der Waals surface area contributed by atoms with Gasteiger partial charge in [-0.1, -0.05) is 12.8 Å². The van der Waals surface area contributed by atoms with Crippen LogP contribution in [0.5, 0.6) is 0 Å². The molecule has 94 valence electrons. The molecule has 0 unspecified atom stereocenters. The van der Waals surface area contributed by atoms with Crippen molar-refractivity contribution in [3.8, 4) is 0 Å². The standard InChI is InChI=1S/C14H24N2P/c1-3-7-13(8-4-1)15-11-12-16(17-15)14-9-5-2-6-10-14/h11-14H,1-10H2/q+1. The highest BCUT2D eigenvalue weighted by molar-refractivity contribution is 7.17. The lowest BCUT2D eigenvalue weighted by Gasteiger charge is -2.19. The van der Waals surface area contributed by atoms with Crippen molar-refractivity contribution < 1.29 is 4.33 Å². The Morgan fingerprint density at radius 2 is 1.53 bits per heavy atom. The van der Waals surface area contributed by atoms with E-state index in [1.165, 1.54) is 72.7 Å². The topological polar surface area (TPSA) is 8.81 Å². The highest BCUT2D eigenvalue weighted by Crippen LogP contribution is 2.31. The zero-order valence-corrected chi connectivity index (χ0v) is 11.6. The second-order valence-corrected chi connectivity index (χ2v) is 6.83. The Morgan fingerprint density at radius 3 is 2.24 bits per heavy atom. The van der Waals surface area contributed by atoms with Crippen LogP contribution >= 0.6 is 8.51 Å². The van der Waals surface area contributed by atoms with E-state index in [4.69, 9.17) is 0 Å². The maximum atomic E-state index is 2.58. The van der Waals surface area contributed by atoms with E-state index < -0.39 is 0 Å². The Morgan fingerprint density at radius 1 is 0.882 bits per heavy atom. The van der Waals surface area contributed by atoms with Crippen LogP contribution in [0.2, 0.25) is 0 Å². The summed E-state index contributed by atoms with van der Waals surface area (Å²) in [7, 11) is 1.44. The lowest BCUT2D eigenvalue weighted by Crippen LogP contribution is -2.35. The van der Waals surface area contributed by atoms with Gasteiger partial charge in [0.05, 0.1) is 0 Å². The van der Waals surface area contributed by atoms with E-state index in [1.807, 2.05) is 0 Å². The molecule has 3 heteroatoms. The molecule has 0 radical (unpaired) electrons. The summed E-state index contributed by atoms with van der Waals surface area (Å²) in [5.74, 6) is 0. The fourth-order valence-corrected chi connectivity index (χ4v) is 4.63. The Labute approximate surface area is 106 Å². The van der Waals surface area contributed by atoms with Gasteiger partial charge in [-0.15, -0.1) is 0 Å². The zero-order valence-electron chi connectivity index (χ0n) is 10.7. The van der Waals surface area contributed by atoms with Crippen LogP contribution in [0.25, 0.3) is 0 Å². The molecule has 0 amide bonds. The van der Waals surface area contributed by atoms with E-state index >= 15 is 0 Å². The molecule has 17 heavy (non-hydrogen) atoms. The summed E-state index contributed by atoms with van der Waals surface area (Å²) in [6.45, 7) is 0. The van der Waals surface area contributed by atoms with Crippen molar-refractivity contribution in [2.24, 2.45) is 0 Å². The van der Waals surface area contributed by atoms with Crippen LogP contribution in [-0.2, 0) is 0 Å². The molecule has 0 spiro atoms. The van der Waals surface area contributed by atoms with Crippen LogP contribution in [0.4, 0.5) is 0 Å². The number of rotatable bonds is 2. The Bertz CT molecular complexity index is 316. The van der Waals surface area contributed by atoms with Gasteiger partial charge in [-0.3, -0.25) is 0 Å². The molecule has 2 saturated carbocycles. The molecular formula is C14H24N2P+. The first-order valence-corrected chi connectivity index (χ1v) is 8.20. The van der Waals surface area contributed by atoms with Crippen molar-refractivity contribution in [2.75, 3.05) is 0 Å². The third-order valence-electron chi connectivity index (χ3n) is 4.48. The number of nitrogens with zero attached hydrogens (tertiary/aromatic N) is 2. The molecule has 2 aliphatic carbocycles. The van der Waals surface area contributed by atoms with Gasteiger partial charge in [0.2, 0.25) is 0 Å². The maximum Gasteiger partial charge on any atom is 0.346 e. The Balaban J connectivity index is 1.68. The first-order valence-electron chi connectivity index (χ1n) is 7.40. The average molecular weight is 251 g/mol. The lowest BCUT2D eigenvalue weighted by atomic mass is 9.96. The summed E-state index contributed by atoms with van der Waals surface area (Å²) in [5.41, 5.74) is 0. The largest absolute Gasteiger partial charge is 0.346 e. The molecular weight excluding hydrogens is 227 g/mol. The van der Waals surface area contributed by atoms with Crippen LogP contribution in [0.15, 0.2) is 12.4 Å². The van der Waals surface area contributed by atoms with E-state index in [0.29, 0.717) is 0 Å². The van der Waals surface area contributed by atoms with E-state index in [1.54, 1.807) is 0 Å². The van der Waals surface area contributed by atoms with Crippen LogP contribution in [0.1, 0.15) is 76.3 Å². The quantitative estimate of drug-likeness (QED) is 0.738. The molecule has 0 aliphatic heterocycles. The third kappa shape index (κ3) is 2.73. The van der Waals surface area contributed by atoms with Gasteiger partial charge in [-0.2, -0.15) is 0 Å². The van der Waals surface area contributed by atoms with Crippen LogP contribution < -0.4 is 4.33 Å². The van der Waals surface area contributed by atoms with Crippen molar-refractivity contribution in [2.45, 2.75) is 76.3 Å². The van der Waals surface area contributed by atoms with Crippen molar-refractivity contribution in [1.82, 2.24) is 4.33 Å². The van der Waals surface area contributed by atoms with Gasteiger partial charge < -0.3 is 0 Å². The third-order valence-corrected chi connectivity index (χ3v) is 5.81. The van der Waals surface area contributed by atoms with Crippen LogP contribution in [0.3, 0.4) is 0 Å². The predicted octanol–water partition coefficient (Wildman–Crippen LogP) is 4.37. The molecule has 1 aromatic heterocycles. The smallest absolute Gasteiger partial charge is 0.212 e. The number of aromatic nitrogens is 2. The fraction of sp³-hybridized carbons (Fsp3) is 0.857. The Hall–Kier alpha value is -0.360. The second-order valence-electron chi connectivity index (χ2n) is 5.73. The van der Waals surface area contributed by atoms with Crippen molar-refractivity contribution >= 4 is 8.51 Å². The summed E-state index contributed by atoms with van der Waals surface area (Å²) in [5, 5.41) is 0. The molecule has 3 rings (SSSR count). The van der Waals surface area contributed by atoms with Gasteiger partial charge in [-0.05, 0) is 51.4 Å². The van der Waals surface area contributed by atoms with E-state index in [-0.39, 0.29) is 0 Å². The van der Waals surface area contributed by atoms with E-state index in [0.717, 1.165) is 12.1 Å². The highest BCUT2D eigenvalue weighted by Gasteiger charge is 2.24.